The molecular formula is C21H24N4O2S. The molecule has 0 aliphatic rings. The van der Waals surface area contributed by atoms with Crippen molar-refractivity contribution in [3.8, 4) is 10.6 Å². The van der Waals surface area contributed by atoms with Gasteiger partial charge in [-0.05, 0) is 23.6 Å². The van der Waals surface area contributed by atoms with Crippen molar-refractivity contribution in [1.82, 2.24) is 20.2 Å². The van der Waals surface area contributed by atoms with Crippen LogP contribution in [-0.2, 0) is 7.05 Å². The topological polar surface area (TPSA) is 76.0 Å². The summed E-state index contributed by atoms with van der Waals surface area (Å²) < 4.78 is 1.75. The quantitative estimate of drug-likeness (QED) is 0.601. The van der Waals surface area contributed by atoms with Gasteiger partial charge in [-0.2, -0.15) is 0 Å². The summed E-state index contributed by atoms with van der Waals surface area (Å²) in [6.07, 6.45) is 1.81. The van der Waals surface area contributed by atoms with Crippen LogP contribution >= 0.6 is 11.3 Å². The molecule has 2 aromatic heterocycles. The zero-order chi connectivity index (χ0) is 20.1. The largest absolute Gasteiger partial charge is 0.349 e. The minimum atomic E-state index is -0.241. The van der Waals surface area contributed by atoms with Crippen LogP contribution in [0.1, 0.15) is 46.3 Å². The van der Waals surface area contributed by atoms with Crippen LogP contribution in [0, 0.1) is 0 Å². The number of thiazole rings is 1. The van der Waals surface area contributed by atoms with Gasteiger partial charge in [-0.25, -0.2) is 4.98 Å². The third-order valence-corrected chi connectivity index (χ3v) is 5.32. The number of amides is 2. The summed E-state index contributed by atoms with van der Waals surface area (Å²) in [5.41, 5.74) is 3.25. The number of rotatable bonds is 7. The van der Waals surface area contributed by atoms with E-state index in [0.29, 0.717) is 30.4 Å². The molecule has 0 atom stereocenters. The Morgan fingerprint density at radius 3 is 2.36 bits per heavy atom. The van der Waals surface area contributed by atoms with Crippen LogP contribution in [0.25, 0.3) is 10.6 Å². The van der Waals surface area contributed by atoms with E-state index in [1.165, 1.54) is 16.9 Å². The fourth-order valence-corrected chi connectivity index (χ4v) is 3.56. The Hall–Kier alpha value is -2.93. The second-order valence-corrected chi connectivity index (χ2v) is 7.69. The van der Waals surface area contributed by atoms with Gasteiger partial charge in [-0.3, -0.25) is 9.59 Å². The summed E-state index contributed by atoms with van der Waals surface area (Å²) in [6, 6.07) is 11.8. The Kier molecular flexibility index (Phi) is 6.26. The van der Waals surface area contributed by atoms with Gasteiger partial charge >= 0.3 is 0 Å². The number of nitrogens with one attached hydrogen (secondary N) is 2. The van der Waals surface area contributed by atoms with Gasteiger partial charge in [0, 0.05) is 37.3 Å². The Balaban J connectivity index is 1.50. The maximum absolute atomic E-state index is 12.3. The number of nitrogens with zero attached hydrogens (tertiary/aromatic N) is 2. The maximum Gasteiger partial charge on any atom is 0.270 e. The van der Waals surface area contributed by atoms with Gasteiger partial charge in [0.15, 0.2) is 0 Å². The molecular weight excluding hydrogens is 372 g/mol. The average molecular weight is 397 g/mol. The van der Waals surface area contributed by atoms with Gasteiger partial charge in [0.1, 0.15) is 16.4 Å². The first-order chi connectivity index (χ1) is 13.5. The predicted octanol–water partition coefficient (Wildman–Crippen LogP) is 3.43. The third-order valence-electron chi connectivity index (χ3n) is 4.43. The standard InChI is InChI=1S/C21H24N4O2S/c1-14(2)15-6-8-16(9-7-15)21-24-17(13-28-21)19(26)22-10-11-23-20(27)18-5-4-12-25(18)3/h4-9,12-14H,10-11H2,1-3H3,(H,22,26)(H,23,27). The number of hydrogen-bond acceptors (Lipinski definition) is 4. The molecule has 146 valence electrons. The van der Waals surface area contributed by atoms with Gasteiger partial charge in [0.2, 0.25) is 0 Å². The molecule has 0 saturated carbocycles. The van der Waals surface area contributed by atoms with Crippen LogP contribution in [0.15, 0.2) is 48.0 Å². The molecule has 0 aliphatic heterocycles. The maximum atomic E-state index is 12.3. The van der Waals surface area contributed by atoms with E-state index in [1.54, 1.807) is 16.0 Å². The van der Waals surface area contributed by atoms with Gasteiger partial charge in [-0.15, -0.1) is 11.3 Å². The number of hydrogen-bond donors (Lipinski definition) is 2. The van der Waals surface area contributed by atoms with Crippen LogP contribution < -0.4 is 10.6 Å². The Labute approximate surface area is 168 Å². The van der Waals surface area contributed by atoms with Crippen molar-refractivity contribution in [3.63, 3.8) is 0 Å². The summed E-state index contributed by atoms with van der Waals surface area (Å²) in [5.74, 6) is 0.0748. The molecule has 2 amide bonds. The van der Waals surface area contributed by atoms with Crippen LogP contribution in [-0.4, -0.2) is 34.5 Å². The molecule has 3 aromatic rings. The number of carbonyl (C=O) groups excluding carboxylic acids is 2. The molecule has 0 saturated heterocycles. The molecule has 6 nitrogen and oxygen atoms in total. The molecule has 2 heterocycles. The zero-order valence-corrected chi connectivity index (χ0v) is 17.0. The van der Waals surface area contributed by atoms with E-state index >= 15 is 0 Å². The predicted molar refractivity (Wildman–Crippen MR) is 112 cm³/mol. The number of benzene rings is 1. The lowest BCUT2D eigenvalue weighted by Crippen LogP contribution is -2.35. The first kappa shape index (κ1) is 19.8. The number of carbonyl (C=O) groups is 2. The fraction of sp³-hybridized carbons (Fsp3) is 0.286. The van der Waals surface area contributed by atoms with Crippen molar-refractivity contribution in [3.05, 3.63) is 64.9 Å². The zero-order valence-electron chi connectivity index (χ0n) is 16.2. The minimum absolute atomic E-state index is 0.164. The molecule has 1 aromatic carbocycles. The lowest BCUT2D eigenvalue weighted by Gasteiger charge is -2.07. The SMILES string of the molecule is CC(C)c1ccc(-c2nc(C(=O)NCCNC(=O)c3cccn3C)cs2)cc1. The van der Waals surface area contributed by atoms with Crippen molar-refractivity contribution < 1.29 is 9.59 Å². The van der Waals surface area contributed by atoms with Crippen LogP contribution in [0.4, 0.5) is 0 Å². The number of aromatic nitrogens is 2. The summed E-state index contributed by atoms with van der Waals surface area (Å²) >= 11 is 1.44. The highest BCUT2D eigenvalue weighted by molar-refractivity contribution is 7.13. The smallest absolute Gasteiger partial charge is 0.270 e. The molecule has 0 radical (unpaired) electrons. The average Bonchev–Trinajstić information content (AvgIpc) is 3.34. The highest BCUT2D eigenvalue weighted by Gasteiger charge is 2.12. The second kappa shape index (κ2) is 8.84. The molecule has 3 rings (SSSR count). The molecule has 0 bridgehead atoms. The van der Waals surface area contributed by atoms with E-state index in [1.807, 2.05) is 31.4 Å². The molecule has 0 unspecified atom stereocenters. The van der Waals surface area contributed by atoms with Crippen molar-refractivity contribution in [2.75, 3.05) is 13.1 Å². The molecule has 28 heavy (non-hydrogen) atoms. The van der Waals surface area contributed by atoms with Crippen molar-refractivity contribution in [2.24, 2.45) is 7.05 Å². The lowest BCUT2D eigenvalue weighted by molar-refractivity contribution is 0.0921. The fourth-order valence-electron chi connectivity index (χ4n) is 2.75. The van der Waals surface area contributed by atoms with E-state index in [-0.39, 0.29) is 11.8 Å². The van der Waals surface area contributed by atoms with Gasteiger partial charge in [-0.1, -0.05) is 38.1 Å². The second-order valence-electron chi connectivity index (χ2n) is 6.83. The normalized spacial score (nSPS) is 10.9. The van der Waals surface area contributed by atoms with E-state index in [9.17, 15) is 9.59 Å². The van der Waals surface area contributed by atoms with Crippen LogP contribution in [0.2, 0.25) is 0 Å². The Morgan fingerprint density at radius 1 is 1.07 bits per heavy atom. The van der Waals surface area contributed by atoms with Crippen molar-refractivity contribution in [1.29, 1.82) is 0 Å². The van der Waals surface area contributed by atoms with Crippen LogP contribution in [0.3, 0.4) is 0 Å². The van der Waals surface area contributed by atoms with Gasteiger partial charge in [0.25, 0.3) is 11.8 Å². The monoisotopic (exact) mass is 396 g/mol. The molecule has 0 fully saturated rings. The van der Waals surface area contributed by atoms with Crippen molar-refractivity contribution >= 4 is 23.2 Å². The Morgan fingerprint density at radius 2 is 1.75 bits per heavy atom. The van der Waals surface area contributed by atoms with E-state index in [0.717, 1.165) is 10.6 Å². The highest BCUT2D eigenvalue weighted by Crippen LogP contribution is 2.25. The number of aryl methyl sites for hydroxylation is 1. The van der Waals surface area contributed by atoms with Gasteiger partial charge < -0.3 is 15.2 Å². The molecule has 0 aliphatic carbocycles. The summed E-state index contributed by atoms with van der Waals surface area (Å²) in [7, 11) is 1.81. The van der Waals surface area contributed by atoms with E-state index in [4.69, 9.17) is 0 Å². The van der Waals surface area contributed by atoms with E-state index in [2.05, 4.69) is 41.6 Å². The lowest BCUT2D eigenvalue weighted by atomic mass is 10.0. The highest BCUT2D eigenvalue weighted by atomic mass is 32.1. The third kappa shape index (κ3) is 4.67. The molecule has 0 spiro atoms. The Bertz CT molecular complexity index is 957. The molecule has 2 N–H and O–H groups in total. The summed E-state index contributed by atoms with van der Waals surface area (Å²) in [4.78, 5) is 28.7. The van der Waals surface area contributed by atoms with Crippen molar-refractivity contribution in [2.45, 2.75) is 19.8 Å². The minimum Gasteiger partial charge on any atom is -0.349 e. The summed E-state index contributed by atoms with van der Waals surface area (Å²) in [6.45, 7) is 5.00. The van der Waals surface area contributed by atoms with Crippen LogP contribution in [0.5, 0.6) is 0 Å². The summed E-state index contributed by atoms with van der Waals surface area (Å²) in [5, 5.41) is 8.14. The first-order valence-electron chi connectivity index (χ1n) is 9.19. The molecule has 7 heteroatoms. The van der Waals surface area contributed by atoms with E-state index < -0.39 is 0 Å². The first-order valence-corrected chi connectivity index (χ1v) is 10.1. The van der Waals surface area contributed by atoms with Gasteiger partial charge in [0.05, 0.1) is 0 Å².